The van der Waals surface area contributed by atoms with E-state index in [4.69, 9.17) is 0 Å². The first-order valence-corrected chi connectivity index (χ1v) is 4.38. The Labute approximate surface area is 76.0 Å². The van der Waals surface area contributed by atoms with Gasteiger partial charge in [-0.3, -0.25) is 4.79 Å². The Balaban J connectivity index is 3.55. The molecular formula is C8H13IO. The zero-order valence-corrected chi connectivity index (χ0v) is 8.64. The van der Waals surface area contributed by atoms with Gasteiger partial charge in [-0.05, 0) is 12.5 Å². The predicted octanol–water partition coefficient (Wildman–Crippen LogP) is 2.74. The summed E-state index contributed by atoms with van der Waals surface area (Å²) in [5, 5.41) is 0. The monoisotopic (exact) mass is 252 g/mol. The molecule has 0 aliphatic heterocycles. The molecule has 0 saturated carbocycles. The summed E-state index contributed by atoms with van der Waals surface area (Å²) >= 11 is 2.34. The number of hydrogen-bond acceptors (Lipinski definition) is 1. The Morgan fingerprint density at radius 1 is 1.70 bits per heavy atom. The van der Waals surface area contributed by atoms with Gasteiger partial charge in [-0.2, -0.15) is 0 Å². The van der Waals surface area contributed by atoms with E-state index >= 15 is 0 Å². The molecule has 0 aliphatic carbocycles. The van der Waals surface area contributed by atoms with Gasteiger partial charge in [0, 0.05) is 9.84 Å². The zero-order chi connectivity index (χ0) is 8.20. The van der Waals surface area contributed by atoms with E-state index in [1.54, 1.807) is 0 Å². The first-order valence-electron chi connectivity index (χ1n) is 3.30. The zero-order valence-electron chi connectivity index (χ0n) is 6.48. The molecule has 0 N–H and O–H groups in total. The average molecular weight is 252 g/mol. The number of hydrogen-bond donors (Lipinski definition) is 0. The van der Waals surface area contributed by atoms with Crippen LogP contribution in [0.1, 0.15) is 26.7 Å². The summed E-state index contributed by atoms with van der Waals surface area (Å²) in [6, 6.07) is 0. The normalized spacial score (nSPS) is 11.1. The molecule has 0 aromatic rings. The molecule has 0 aromatic heterocycles. The summed E-state index contributed by atoms with van der Waals surface area (Å²) in [7, 11) is 0. The minimum atomic E-state index is 0.143. The molecule has 0 saturated heterocycles. The third kappa shape index (κ3) is 6.26. The van der Waals surface area contributed by atoms with E-state index in [-0.39, 0.29) is 9.20 Å². The summed E-state index contributed by atoms with van der Waals surface area (Å²) in [6.45, 7) is 7.64. The second-order valence-corrected chi connectivity index (χ2v) is 5.81. The van der Waals surface area contributed by atoms with E-state index < -0.39 is 0 Å². The fourth-order valence-corrected chi connectivity index (χ4v) is 0.792. The lowest BCUT2D eigenvalue weighted by atomic mass is 10.1. The fourth-order valence-electron chi connectivity index (χ4n) is 0.523. The van der Waals surface area contributed by atoms with E-state index in [0.29, 0.717) is 6.42 Å². The maximum atomic E-state index is 10.7. The number of halogens is 1. The molecule has 0 atom stereocenters. The van der Waals surface area contributed by atoms with Gasteiger partial charge in [0.05, 0.1) is 0 Å². The topological polar surface area (TPSA) is 17.1 Å². The largest absolute Gasteiger partial charge is 0.295 e. The minimum Gasteiger partial charge on any atom is -0.295 e. The summed E-state index contributed by atoms with van der Waals surface area (Å²) < 4.78 is 0.233. The smallest absolute Gasteiger partial charge is 0.155 e. The van der Waals surface area contributed by atoms with E-state index in [9.17, 15) is 4.79 Å². The van der Waals surface area contributed by atoms with Gasteiger partial charge in [-0.25, -0.2) is 0 Å². The van der Waals surface area contributed by atoms with E-state index in [2.05, 4.69) is 43.0 Å². The second-order valence-electron chi connectivity index (χ2n) is 2.89. The van der Waals surface area contributed by atoms with E-state index in [0.717, 1.165) is 6.42 Å². The molecule has 0 unspecified atom stereocenters. The molecule has 0 fully saturated rings. The van der Waals surface area contributed by atoms with Gasteiger partial charge in [0.2, 0.25) is 0 Å². The first kappa shape index (κ1) is 10.1. The van der Waals surface area contributed by atoms with Crippen molar-refractivity contribution < 1.29 is 4.79 Å². The molecule has 0 aliphatic rings. The number of rotatable bonds is 4. The number of carbonyl (C=O) groups is 1. The lowest BCUT2D eigenvalue weighted by Gasteiger charge is -2.13. The maximum Gasteiger partial charge on any atom is 0.155 e. The Morgan fingerprint density at radius 3 is 2.50 bits per heavy atom. The average Bonchev–Trinajstić information content (AvgIpc) is 1.81. The highest BCUT2D eigenvalue weighted by atomic mass is 127. The van der Waals surface area contributed by atoms with Gasteiger partial charge in [0.1, 0.15) is 0 Å². The van der Waals surface area contributed by atoms with Crippen LogP contribution in [-0.4, -0.2) is 9.20 Å². The van der Waals surface area contributed by atoms with Crippen molar-refractivity contribution in [2.45, 2.75) is 30.1 Å². The third-order valence-electron chi connectivity index (χ3n) is 1.19. The van der Waals surface area contributed by atoms with Crippen LogP contribution in [0.5, 0.6) is 0 Å². The van der Waals surface area contributed by atoms with Crippen molar-refractivity contribution in [1.82, 2.24) is 0 Å². The van der Waals surface area contributed by atoms with Gasteiger partial charge >= 0.3 is 0 Å². The molecule has 0 bridgehead atoms. The summed E-state index contributed by atoms with van der Waals surface area (Å²) in [5.41, 5.74) is 0. The van der Waals surface area contributed by atoms with Crippen LogP contribution in [-0.2, 0) is 4.79 Å². The molecule has 0 heterocycles. The number of alkyl halides is 1. The summed E-state index contributed by atoms with van der Waals surface area (Å²) in [5.74, 6) is 0.143. The molecule has 0 rings (SSSR count). The molecule has 0 aromatic carbocycles. The number of carbonyl (C=O) groups excluding carboxylic acids is 1. The highest BCUT2D eigenvalue weighted by Crippen LogP contribution is 2.22. The minimum absolute atomic E-state index is 0.143. The van der Waals surface area contributed by atoms with Gasteiger partial charge in [-0.15, -0.1) is 0 Å². The Bertz CT molecular complexity index is 133. The fraction of sp³-hybridized carbons (Fsp3) is 0.625. The maximum absolute atomic E-state index is 10.7. The van der Waals surface area contributed by atoms with Crippen LogP contribution in [0.4, 0.5) is 0 Å². The summed E-state index contributed by atoms with van der Waals surface area (Å²) in [6.07, 6.45) is 2.94. The van der Waals surface area contributed by atoms with Crippen molar-refractivity contribution >= 4 is 28.4 Å². The van der Waals surface area contributed by atoms with Crippen LogP contribution in [0.3, 0.4) is 0 Å². The van der Waals surface area contributed by atoms with Gasteiger partial charge in [0.25, 0.3) is 0 Å². The van der Waals surface area contributed by atoms with Gasteiger partial charge in [0.15, 0.2) is 5.78 Å². The van der Waals surface area contributed by atoms with Crippen molar-refractivity contribution in [3.63, 3.8) is 0 Å². The summed E-state index contributed by atoms with van der Waals surface area (Å²) in [4.78, 5) is 10.7. The van der Waals surface area contributed by atoms with E-state index in [1.807, 2.05) is 0 Å². The van der Waals surface area contributed by atoms with Crippen molar-refractivity contribution in [2.75, 3.05) is 0 Å². The Kier molecular flexibility index (Phi) is 4.17. The van der Waals surface area contributed by atoms with Crippen LogP contribution in [0.25, 0.3) is 0 Å². The highest BCUT2D eigenvalue weighted by molar-refractivity contribution is 14.1. The van der Waals surface area contributed by atoms with Crippen molar-refractivity contribution in [2.24, 2.45) is 0 Å². The van der Waals surface area contributed by atoms with Crippen LogP contribution >= 0.6 is 22.6 Å². The van der Waals surface area contributed by atoms with Gasteiger partial charge < -0.3 is 0 Å². The van der Waals surface area contributed by atoms with Crippen LogP contribution < -0.4 is 0 Å². The quantitative estimate of drug-likeness (QED) is 0.427. The lowest BCUT2D eigenvalue weighted by molar-refractivity contribution is -0.114. The van der Waals surface area contributed by atoms with Crippen molar-refractivity contribution in [3.8, 4) is 0 Å². The number of allylic oxidation sites excluding steroid dienone is 1. The highest BCUT2D eigenvalue weighted by Gasteiger charge is 2.12. The Hall–Kier alpha value is 0.140. The van der Waals surface area contributed by atoms with Gasteiger partial charge in [-0.1, -0.05) is 43.0 Å². The molecule has 0 spiro atoms. The van der Waals surface area contributed by atoms with Crippen LogP contribution in [0, 0.1) is 0 Å². The molecule has 1 nitrogen and oxygen atoms in total. The predicted molar refractivity (Wildman–Crippen MR) is 52.5 cm³/mol. The van der Waals surface area contributed by atoms with E-state index in [1.165, 1.54) is 6.08 Å². The van der Waals surface area contributed by atoms with Crippen molar-refractivity contribution in [1.29, 1.82) is 0 Å². The SMILES string of the molecule is C=CC(=O)CCC(C)(C)I. The third-order valence-corrected chi connectivity index (χ3v) is 1.73. The molecule has 2 heteroatoms. The molecule has 10 heavy (non-hydrogen) atoms. The van der Waals surface area contributed by atoms with Crippen molar-refractivity contribution in [3.05, 3.63) is 12.7 Å². The Morgan fingerprint density at radius 2 is 2.20 bits per heavy atom. The molecule has 0 radical (unpaired) electrons. The van der Waals surface area contributed by atoms with Crippen LogP contribution in [0.2, 0.25) is 0 Å². The lowest BCUT2D eigenvalue weighted by Crippen LogP contribution is -2.10. The standard InChI is InChI=1S/C8H13IO/c1-4-7(10)5-6-8(2,3)9/h4H,1,5-6H2,2-3H3. The molecule has 58 valence electrons. The number of ketones is 1. The molecule has 0 amide bonds. The molecular weight excluding hydrogens is 239 g/mol. The first-order chi connectivity index (χ1) is 4.45. The second kappa shape index (κ2) is 4.11. The van der Waals surface area contributed by atoms with Crippen LogP contribution in [0.15, 0.2) is 12.7 Å².